The molecule has 1 heterocycles. The van der Waals surface area contributed by atoms with Crippen LogP contribution in [0.5, 0.6) is 0 Å². The maximum absolute atomic E-state index is 13.2. The number of hydrogen-bond donors (Lipinski definition) is 2. The zero-order chi connectivity index (χ0) is 11.7. The molecule has 1 aromatic rings. The lowest BCUT2D eigenvalue weighted by Gasteiger charge is -2.19. The van der Waals surface area contributed by atoms with E-state index in [0.29, 0.717) is 11.3 Å². The molecule has 1 aliphatic heterocycles. The third-order valence-electron chi connectivity index (χ3n) is 3.05. The fraction of sp³-hybridized carbons (Fsp3) is 0.500. The van der Waals surface area contributed by atoms with E-state index >= 15 is 0 Å². The van der Waals surface area contributed by atoms with Gasteiger partial charge < -0.3 is 15.8 Å². The number of benzene rings is 1. The van der Waals surface area contributed by atoms with Crippen LogP contribution in [0.1, 0.15) is 18.9 Å². The maximum Gasteiger partial charge on any atom is 0.128 e. The molecular formula is C12H17FN2O. The summed E-state index contributed by atoms with van der Waals surface area (Å²) in [7, 11) is 0. The van der Waals surface area contributed by atoms with E-state index in [1.165, 1.54) is 6.07 Å². The fourth-order valence-electron chi connectivity index (χ4n) is 1.94. The predicted molar refractivity (Wildman–Crippen MR) is 63.0 cm³/mol. The zero-order valence-electron chi connectivity index (χ0n) is 9.59. The zero-order valence-corrected chi connectivity index (χ0v) is 9.59. The first kappa shape index (κ1) is 11.2. The summed E-state index contributed by atoms with van der Waals surface area (Å²) in [4.78, 5) is 0. The lowest BCUT2D eigenvalue weighted by molar-refractivity contribution is 0.121. The Morgan fingerprint density at radius 1 is 1.50 bits per heavy atom. The molecular weight excluding hydrogens is 207 g/mol. The largest absolute Gasteiger partial charge is 0.397 e. The van der Waals surface area contributed by atoms with Gasteiger partial charge in [0.15, 0.2) is 0 Å². The average Bonchev–Trinajstić information content (AvgIpc) is 2.61. The average molecular weight is 224 g/mol. The molecule has 1 saturated heterocycles. The molecule has 0 aromatic heterocycles. The van der Waals surface area contributed by atoms with Crippen LogP contribution in [0.15, 0.2) is 12.1 Å². The van der Waals surface area contributed by atoms with Crippen molar-refractivity contribution in [1.82, 2.24) is 0 Å². The van der Waals surface area contributed by atoms with Crippen LogP contribution in [0.25, 0.3) is 0 Å². The molecule has 0 amide bonds. The molecule has 2 rings (SSSR count). The van der Waals surface area contributed by atoms with Gasteiger partial charge in [-0.15, -0.1) is 0 Å². The Labute approximate surface area is 94.8 Å². The van der Waals surface area contributed by atoms with Crippen molar-refractivity contribution in [2.75, 3.05) is 17.7 Å². The molecule has 1 aliphatic rings. The summed E-state index contributed by atoms with van der Waals surface area (Å²) < 4.78 is 18.7. The normalized spacial score (nSPS) is 24.7. The van der Waals surface area contributed by atoms with E-state index in [1.54, 1.807) is 13.0 Å². The van der Waals surface area contributed by atoms with Gasteiger partial charge in [-0.25, -0.2) is 4.39 Å². The quantitative estimate of drug-likeness (QED) is 0.758. The van der Waals surface area contributed by atoms with Gasteiger partial charge in [-0.3, -0.25) is 0 Å². The first-order chi connectivity index (χ1) is 7.58. The van der Waals surface area contributed by atoms with Gasteiger partial charge in [-0.1, -0.05) is 0 Å². The summed E-state index contributed by atoms with van der Waals surface area (Å²) in [5.41, 5.74) is 7.61. The molecule has 0 aliphatic carbocycles. The minimum Gasteiger partial charge on any atom is -0.397 e. The highest BCUT2D eigenvalue weighted by Crippen LogP contribution is 2.26. The molecule has 3 nitrogen and oxygen atoms in total. The van der Waals surface area contributed by atoms with Crippen molar-refractivity contribution >= 4 is 11.4 Å². The standard InChI is InChI=1S/C12H17FN2O/c1-7-5-12(10(14)6-9(7)13)15-11-3-4-16-8(11)2/h5-6,8,11,15H,3-4,14H2,1-2H3. The third kappa shape index (κ3) is 2.11. The third-order valence-corrected chi connectivity index (χ3v) is 3.05. The van der Waals surface area contributed by atoms with Crippen LogP contribution in [0.4, 0.5) is 15.8 Å². The van der Waals surface area contributed by atoms with Gasteiger partial charge in [0.05, 0.1) is 23.5 Å². The molecule has 0 bridgehead atoms. The Hall–Kier alpha value is -1.29. The molecule has 0 spiro atoms. The molecule has 2 atom stereocenters. The van der Waals surface area contributed by atoms with E-state index in [-0.39, 0.29) is 18.0 Å². The summed E-state index contributed by atoms with van der Waals surface area (Å²) in [6.45, 7) is 4.52. The molecule has 4 heteroatoms. The highest BCUT2D eigenvalue weighted by Gasteiger charge is 2.24. The Morgan fingerprint density at radius 3 is 2.88 bits per heavy atom. The van der Waals surface area contributed by atoms with E-state index < -0.39 is 0 Å². The summed E-state index contributed by atoms with van der Waals surface area (Å²) in [6, 6.07) is 3.36. The summed E-state index contributed by atoms with van der Waals surface area (Å²) in [5, 5.41) is 3.31. The monoisotopic (exact) mass is 224 g/mol. The lowest BCUT2D eigenvalue weighted by Crippen LogP contribution is -2.27. The maximum atomic E-state index is 13.2. The van der Waals surface area contributed by atoms with Gasteiger partial charge in [0, 0.05) is 6.61 Å². The van der Waals surface area contributed by atoms with Crippen LogP contribution in [-0.2, 0) is 4.74 Å². The smallest absolute Gasteiger partial charge is 0.128 e. The van der Waals surface area contributed by atoms with Crippen LogP contribution in [0.2, 0.25) is 0 Å². The number of nitrogen functional groups attached to an aromatic ring is 1. The highest BCUT2D eigenvalue weighted by molar-refractivity contribution is 5.67. The summed E-state index contributed by atoms with van der Waals surface area (Å²) in [5.74, 6) is -0.265. The minimum absolute atomic E-state index is 0.171. The van der Waals surface area contributed by atoms with Crippen molar-refractivity contribution in [3.63, 3.8) is 0 Å². The molecule has 0 saturated carbocycles. The second-order valence-corrected chi connectivity index (χ2v) is 4.30. The van der Waals surface area contributed by atoms with Crippen LogP contribution >= 0.6 is 0 Å². The predicted octanol–water partition coefficient (Wildman–Crippen LogP) is 2.31. The van der Waals surface area contributed by atoms with Crippen molar-refractivity contribution < 1.29 is 9.13 Å². The van der Waals surface area contributed by atoms with Crippen LogP contribution in [0.3, 0.4) is 0 Å². The number of aryl methyl sites for hydroxylation is 1. The number of ether oxygens (including phenoxy) is 1. The van der Waals surface area contributed by atoms with E-state index in [9.17, 15) is 4.39 Å². The van der Waals surface area contributed by atoms with E-state index in [1.807, 2.05) is 6.92 Å². The first-order valence-corrected chi connectivity index (χ1v) is 5.51. The Balaban J connectivity index is 2.18. The van der Waals surface area contributed by atoms with E-state index in [4.69, 9.17) is 10.5 Å². The molecule has 16 heavy (non-hydrogen) atoms. The van der Waals surface area contributed by atoms with Crippen LogP contribution in [-0.4, -0.2) is 18.8 Å². The Bertz CT molecular complexity index is 395. The van der Waals surface area contributed by atoms with Crippen molar-refractivity contribution in [2.45, 2.75) is 32.4 Å². The summed E-state index contributed by atoms with van der Waals surface area (Å²) >= 11 is 0. The van der Waals surface area contributed by atoms with Gasteiger partial charge in [0.25, 0.3) is 0 Å². The number of nitrogens with one attached hydrogen (secondary N) is 1. The second kappa shape index (κ2) is 4.29. The number of anilines is 2. The number of halogens is 1. The minimum atomic E-state index is -0.265. The van der Waals surface area contributed by atoms with Gasteiger partial charge in [-0.2, -0.15) is 0 Å². The number of rotatable bonds is 2. The first-order valence-electron chi connectivity index (χ1n) is 5.51. The van der Waals surface area contributed by atoms with Gasteiger partial charge in [0.2, 0.25) is 0 Å². The van der Waals surface area contributed by atoms with E-state index in [0.717, 1.165) is 18.7 Å². The Kier molecular flexibility index (Phi) is 3.01. The highest BCUT2D eigenvalue weighted by atomic mass is 19.1. The molecule has 88 valence electrons. The van der Waals surface area contributed by atoms with Crippen molar-refractivity contribution in [3.05, 3.63) is 23.5 Å². The molecule has 2 unspecified atom stereocenters. The molecule has 0 radical (unpaired) electrons. The molecule has 1 fully saturated rings. The van der Waals surface area contributed by atoms with Crippen molar-refractivity contribution in [1.29, 1.82) is 0 Å². The topological polar surface area (TPSA) is 47.3 Å². The van der Waals surface area contributed by atoms with E-state index in [2.05, 4.69) is 5.32 Å². The molecule has 1 aromatic carbocycles. The van der Waals surface area contributed by atoms with Crippen LogP contribution in [0, 0.1) is 12.7 Å². The SMILES string of the molecule is Cc1cc(NC2CCOC2C)c(N)cc1F. The van der Waals surface area contributed by atoms with Crippen molar-refractivity contribution in [2.24, 2.45) is 0 Å². The van der Waals surface area contributed by atoms with Crippen molar-refractivity contribution in [3.8, 4) is 0 Å². The fourth-order valence-corrected chi connectivity index (χ4v) is 1.94. The van der Waals surface area contributed by atoms with Gasteiger partial charge >= 0.3 is 0 Å². The number of hydrogen-bond acceptors (Lipinski definition) is 3. The van der Waals surface area contributed by atoms with Crippen LogP contribution < -0.4 is 11.1 Å². The van der Waals surface area contributed by atoms with Gasteiger partial charge in [0.1, 0.15) is 5.82 Å². The van der Waals surface area contributed by atoms with Gasteiger partial charge in [-0.05, 0) is 38.0 Å². The second-order valence-electron chi connectivity index (χ2n) is 4.30. The Morgan fingerprint density at radius 2 is 2.25 bits per heavy atom. The lowest BCUT2D eigenvalue weighted by atomic mass is 10.1. The molecule has 3 N–H and O–H groups in total. The number of nitrogens with two attached hydrogens (primary N) is 1. The summed E-state index contributed by atoms with van der Waals surface area (Å²) in [6.07, 6.45) is 1.13.